The Labute approximate surface area is 105 Å². The molecule has 0 aliphatic heterocycles. The zero-order valence-electron chi connectivity index (χ0n) is 10.6. The Hall–Kier alpha value is -2.17. The highest BCUT2D eigenvalue weighted by molar-refractivity contribution is 5.88. The summed E-state index contributed by atoms with van der Waals surface area (Å²) < 4.78 is 5.16. The molecular formula is C13H15N3O2. The minimum Gasteiger partial charge on any atom is -0.444 e. The standard InChI is InChI=1S/C13H15N3O2/c1-13(2,3)18-12(17)16-10-6-9-7-14-5-4-11(9)15-8-10/h4-8H,1-3H3,(H,16,17). The smallest absolute Gasteiger partial charge is 0.412 e. The van der Waals surface area contributed by atoms with Crippen molar-refractivity contribution in [2.75, 3.05) is 5.32 Å². The summed E-state index contributed by atoms with van der Waals surface area (Å²) in [5, 5.41) is 3.51. The Morgan fingerprint density at radius 1 is 1.33 bits per heavy atom. The van der Waals surface area contributed by atoms with Gasteiger partial charge in [-0.2, -0.15) is 0 Å². The zero-order valence-corrected chi connectivity index (χ0v) is 10.6. The molecule has 0 radical (unpaired) electrons. The van der Waals surface area contributed by atoms with Crippen LogP contribution in [0.2, 0.25) is 0 Å². The van der Waals surface area contributed by atoms with Gasteiger partial charge in [0.1, 0.15) is 5.60 Å². The lowest BCUT2D eigenvalue weighted by Crippen LogP contribution is -2.27. The average molecular weight is 245 g/mol. The van der Waals surface area contributed by atoms with E-state index in [1.54, 1.807) is 24.7 Å². The van der Waals surface area contributed by atoms with Crippen LogP contribution in [-0.4, -0.2) is 21.7 Å². The maximum Gasteiger partial charge on any atom is 0.412 e. The summed E-state index contributed by atoms with van der Waals surface area (Å²) in [7, 11) is 0. The lowest BCUT2D eigenvalue weighted by Gasteiger charge is -2.19. The minimum absolute atomic E-state index is 0.493. The number of rotatable bonds is 1. The first-order valence-corrected chi connectivity index (χ1v) is 5.64. The van der Waals surface area contributed by atoms with E-state index in [4.69, 9.17) is 4.74 Å². The first-order valence-electron chi connectivity index (χ1n) is 5.64. The van der Waals surface area contributed by atoms with Crippen LogP contribution in [0.4, 0.5) is 10.5 Å². The number of nitrogens with one attached hydrogen (secondary N) is 1. The van der Waals surface area contributed by atoms with E-state index in [-0.39, 0.29) is 0 Å². The summed E-state index contributed by atoms with van der Waals surface area (Å²) in [6, 6.07) is 3.62. The summed E-state index contributed by atoms with van der Waals surface area (Å²) in [6.07, 6.45) is 4.47. The number of aromatic nitrogens is 2. The van der Waals surface area contributed by atoms with Gasteiger partial charge in [-0.05, 0) is 32.9 Å². The summed E-state index contributed by atoms with van der Waals surface area (Å²) in [4.78, 5) is 19.8. The molecule has 18 heavy (non-hydrogen) atoms. The van der Waals surface area contributed by atoms with Gasteiger partial charge >= 0.3 is 6.09 Å². The fourth-order valence-electron chi connectivity index (χ4n) is 1.46. The van der Waals surface area contributed by atoms with Crippen molar-refractivity contribution in [2.24, 2.45) is 0 Å². The second kappa shape index (κ2) is 4.60. The minimum atomic E-state index is -0.518. The zero-order chi connectivity index (χ0) is 13.2. The highest BCUT2D eigenvalue weighted by Gasteiger charge is 2.16. The molecule has 5 nitrogen and oxygen atoms in total. The van der Waals surface area contributed by atoms with Crippen molar-refractivity contribution in [3.05, 3.63) is 30.7 Å². The summed E-state index contributed by atoms with van der Waals surface area (Å²) >= 11 is 0. The van der Waals surface area contributed by atoms with Gasteiger partial charge in [0.15, 0.2) is 0 Å². The molecule has 0 saturated heterocycles. The Balaban J connectivity index is 2.15. The number of anilines is 1. The molecule has 2 heterocycles. The molecule has 0 fully saturated rings. The number of carbonyl (C=O) groups is 1. The van der Waals surface area contributed by atoms with Crippen molar-refractivity contribution in [3.63, 3.8) is 0 Å². The van der Waals surface area contributed by atoms with Gasteiger partial charge in [-0.15, -0.1) is 0 Å². The molecule has 2 aromatic heterocycles. The number of fused-ring (bicyclic) bond motifs is 1. The number of hydrogen-bond donors (Lipinski definition) is 1. The average Bonchev–Trinajstić information content (AvgIpc) is 2.26. The third kappa shape index (κ3) is 3.16. The molecule has 5 heteroatoms. The summed E-state index contributed by atoms with van der Waals surface area (Å²) in [5.74, 6) is 0. The third-order valence-electron chi connectivity index (χ3n) is 2.13. The Morgan fingerprint density at radius 3 is 2.83 bits per heavy atom. The summed E-state index contributed by atoms with van der Waals surface area (Å²) in [6.45, 7) is 5.44. The van der Waals surface area contributed by atoms with E-state index in [2.05, 4.69) is 15.3 Å². The molecule has 1 amide bonds. The van der Waals surface area contributed by atoms with E-state index < -0.39 is 11.7 Å². The van der Waals surface area contributed by atoms with Crippen LogP contribution in [0.5, 0.6) is 0 Å². The molecule has 0 spiro atoms. The molecule has 2 aromatic rings. The van der Waals surface area contributed by atoms with E-state index in [1.807, 2.05) is 26.8 Å². The van der Waals surface area contributed by atoms with Crippen molar-refractivity contribution in [3.8, 4) is 0 Å². The van der Waals surface area contributed by atoms with Crippen LogP contribution in [0.3, 0.4) is 0 Å². The molecule has 2 rings (SSSR count). The molecule has 0 aliphatic rings. The third-order valence-corrected chi connectivity index (χ3v) is 2.13. The van der Waals surface area contributed by atoms with Crippen LogP contribution in [0.1, 0.15) is 20.8 Å². The van der Waals surface area contributed by atoms with E-state index in [9.17, 15) is 4.79 Å². The van der Waals surface area contributed by atoms with Gasteiger partial charge in [0.25, 0.3) is 0 Å². The molecule has 0 bridgehead atoms. The van der Waals surface area contributed by atoms with Crippen LogP contribution >= 0.6 is 0 Å². The first-order chi connectivity index (χ1) is 8.44. The van der Waals surface area contributed by atoms with Crippen LogP contribution < -0.4 is 5.32 Å². The number of pyridine rings is 2. The van der Waals surface area contributed by atoms with Crippen LogP contribution in [0.15, 0.2) is 30.7 Å². The quantitative estimate of drug-likeness (QED) is 0.838. The molecular weight excluding hydrogens is 230 g/mol. The predicted molar refractivity (Wildman–Crippen MR) is 69.4 cm³/mol. The van der Waals surface area contributed by atoms with Gasteiger partial charge in [-0.25, -0.2) is 4.79 Å². The molecule has 0 unspecified atom stereocenters. The molecule has 0 saturated carbocycles. The molecule has 1 N–H and O–H groups in total. The van der Waals surface area contributed by atoms with Gasteiger partial charge in [-0.1, -0.05) is 0 Å². The van der Waals surface area contributed by atoms with Crippen LogP contribution in [0, 0.1) is 0 Å². The lowest BCUT2D eigenvalue weighted by atomic mass is 10.2. The van der Waals surface area contributed by atoms with E-state index in [0.717, 1.165) is 10.9 Å². The topological polar surface area (TPSA) is 64.1 Å². The van der Waals surface area contributed by atoms with Crippen LogP contribution in [0.25, 0.3) is 10.9 Å². The van der Waals surface area contributed by atoms with Gasteiger partial charge in [0, 0.05) is 17.8 Å². The SMILES string of the molecule is CC(C)(C)OC(=O)Nc1cnc2ccncc2c1. The molecule has 0 aromatic carbocycles. The van der Waals surface area contributed by atoms with Crippen molar-refractivity contribution in [1.82, 2.24) is 9.97 Å². The van der Waals surface area contributed by atoms with E-state index >= 15 is 0 Å². The Kier molecular flexibility index (Phi) is 3.14. The van der Waals surface area contributed by atoms with Gasteiger partial charge in [-0.3, -0.25) is 15.3 Å². The Bertz CT molecular complexity index is 576. The molecule has 0 aliphatic carbocycles. The van der Waals surface area contributed by atoms with Crippen molar-refractivity contribution < 1.29 is 9.53 Å². The number of amides is 1. The number of nitrogens with zero attached hydrogens (tertiary/aromatic N) is 2. The summed E-state index contributed by atoms with van der Waals surface area (Å²) in [5.41, 5.74) is 0.903. The lowest BCUT2D eigenvalue weighted by molar-refractivity contribution is 0.0636. The molecule has 0 atom stereocenters. The fraction of sp³-hybridized carbons (Fsp3) is 0.308. The van der Waals surface area contributed by atoms with E-state index in [1.165, 1.54) is 0 Å². The number of ether oxygens (including phenoxy) is 1. The highest BCUT2D eigenvalue weighted by atomic mass is 16.6. The largest absolute Gasteiger partial charge is 0.444 e. The first kappa shape index (κ1) is 12.3. The van der Waals surface area contributed by atoms with Gasteiger partial charge in [0.05, 0.1) is 17.4 Å². The normalized spacial score (nSPS) is 11.3. The van der Waals surface area contributed by atoms with Crippen molar-refractivity contribution in [1.29, 1.82) is 0 Å². The van der Waals surface area contributed by atoms with Crippen LogP contribution in [-0.2, 0) is 4.74 Å². The van der Waals surface area contributed by atoms with Crippen molar-refractivity contribution >= 4 is 22.7 Å². The van der Waals surface area contributed by atoms with Gasteiger partial charge in [0.2, 0.25) is 0 Å². The number of carbonyl (C=O) groups excluding carboxylic acids is 1. The second-order valence-corrected chi connectivity index (χ2v) is 4.92. The van der Waals surface area contributed by atoms with Crippen molar-refractivity contribution in [2.45, 2.75) is 26.4 Å². The maximum atomic E-state index is 11.6. The Morgan fingerprint density at radius 2 is 2.11 bits per heavy atom. The molecule has 94 valence electrons. The fourth-order valence-corrected chi connectivity index (χ4v) is 1.46. The predicted octanol–water partition coefficient (Wildman–Crippen LogP) is 2.98. The monoisotopic (exact) mass is 245 g/mol. The van der Waals surface area contributed by atoms with E-state index in [0.29, 0.717) is 5.69 Å². The number of hydrogen-bond acceptors (Lipinski definition) is 4. The van der Waals surface area contributed by atoms with Gasteiger partial charge < -0.3 is 4.74 Å². The maximum absolute atomic E-state index is 11.6. The second-order valence-electron chi connectivity index (χ2n) is 4.92. The highest BCUT2D eigenvalue weighted by Crippen LogP contribution is 2.16.